The van der Waals surface area contributed by atoms with Crippen LogP contribution in [0.3, 0.4) is 0 Å². The highest BCUT2D eigenvalue weighted by atomic mass is 14.9. The highest BCUT2D eigenvalue weighted by Crippen LogP contribution is 2.22. The van der Waals surface area contributed by atoms with Crippen molar-refractivity contribution in [3.63, 3.8) is 0 Å². The van der Waals surface area contributed by atoms with E-state index in [-0.39, 0.29) is 0 Å². The van der Waals surface area contributed by atoms with Gasteiger partial charge in [-0.3, -0.25) is 0 Å². The molecule has 0 aromatic carbocycles. The Hall–Kier alpha value is -0.0400. The molecule has 0 aromatic heterocycles. The minimum atomic E-state index is 0.869. The van der Waals surface area contributed by atoms with E-state index in [4.69, 9.17) is 0 Å². The smallest absolute Gasteiger partial charge is 0.00204 e. The first-order chi connectivity index (χ1) is 7.33. The van der Waals surface area contributed by atoms with Crippen molar-refractivity contribution in [2.45, 2.75) is 65.2 Å². The summed E-state index contributed by atoms with van der Waals surface area (Å²) < 4.78 is 0. The van der Waals surface area contributed by atoms with Gasteiger partial charge in [0.15, 0.2) is 0 Å². The van der Waals surface area contributed by atoms with Crippen LogP contribution in [-0.2, 0) is 0 Å². The molecule has 0 amide bonds. The lowest BCUT2D eigenvalue weighted by molar-refractivity contribution is 0.331. The maximum atomic E-state index is 3.66. The fraction of sp³-hybridized carbons (Fsp3) is 1.00. The van der Waals surface area contributed by atoms with Crippen molar-refractivity contribution < 1.29 is 0 Å². The molecule has 15 heavy (non-hydrogen) atoms. The summed E-state index contributed by atoms with van der Waals surface area (Å²) in [5, 5.41) is 3.66. The lowest BCUT2D eigenvalue weighted by Gasteiger charge is -2.22. The summed E-state index contributed by atoms with van der Waals surface area (Å²) in [7, 11) is 0. The first-order valence-electron chi connectivity index (χ1n) is 7.03. The third kappa shape index (κ3) is 6.19. The van der Waals surface area contributed by atoms with E-state index in [9.17, 15) is 0 Å². The minimum Gasteiger partial charge on any atom is -0.316 e. The largest absolute Gasteiger partial charge is 0.316 e. The van der Waals surface area contributed by atoms with Crippen molar-refractivity contribution in [1.82, 2.24) is 5.32 Å². The SMILES string of the molecule is CCCCC(C)CNCC1CCCCC1. The van der Waals surface area contributed by atoms with Gasteiger partial charge in [-0.1, -0.05) is 46.0 Å². The van der Waals surface area contributed by atoms with Crippen LogP contribution in [0.2, 0.25) is 0 Å². The van der Waals surface area contributed by atoms with Crippen LogP contribution in [0.4, 0.5) is 0 Å². The third-order valence-corrected chi connectivity index (χ3v) is 3.70. The van der Waals surface area contributed by atoms with Crippen molar-refractivity contribution >= 4 is 0 Å². The Morgan fingerprint density at radius 3 is 2.60 bits per heavy atom. The molecular weight excluding hydrogens is 182 g/mol. The van der Waals surface area contributed by atoms with Gasteiger partial charge in [0.2, 0.25) is 0 Å². The zero-order valence-corrected chi connectivity index (χ0v) is 10.7. The van der Waals surface area contributed by atoms with Gasteiger partial charge in [-0.15, -0.1) is 0 Å². The van der Waals surface area contributed by atoms with Gasteiger partial charge in [0, 0.05) is 0 Å². The Morgan fingerprint density at radius 1 is 1.20 bits per heavy atom. The maximum Gasteiger partial charge on any atom is -0.00204 e. The zero-order valence-electron chi connectivity index (χ0n) is 10.7. The average Bonchev–Trinajstić information content (AvgIpc) is 2.28. The first kappa shape index (κ1) is 13.0. The van der Waals surface area contributed by atoms with E-state index >= 15 is 0 Å². The van der Waals surface area contributed by atoms with E-state index in [1.807, 2.05) is 0 Å². The number of rotatable bonds is 7. The molecule has 1 fully saturated rings. The molecule has 0 aliphatic heterocycles. The van der Waals surface area contributed by atoms with Crippen LogP contribution in [0.1, 0.15) is 65.2 Å². The molecule has 1 N–H and O–H groups in total. The molecule has 1 unspecified atom stereocenters. The lowest BCUT2D eigenvalue weighted by atomic mass is 9.89. The molecule has 1 atom stereocenters. The van der Waals surface area contributed by atoms with Crippen LogP contribution in [0.25, 0.3) is 0 Å². The monoisotopic (exact) mass is 211 g/mol. The summed E-state index contributed by atoms with van der Waals surface area (Å²) in [6.07, 6.45) is 11.5. The van der Waals surface area contributed by atoms with Crippen LogP contribution in [-0.4, -0.2) is 13.1 Å². The van der Waals surface area contributed by atoms with Crippen molar-refractivity contribution in [1.29, 1.82) is 0 Å². The Morgan fingerprint density at radius 2 is 1.93 bits per heavy atom. The van der Waals surface area contributed by atoms with E-state index < -0.39 is 0 Å². The summed E-state index contributed by atoms with van der Waals surface area (Å²) in [6, 6.07) is 0. The van der Waals surface area contributed by atoms with Crippen LogP contribution >= 0.6 is 0 Å². The molecule has 1 saturated carbocycles. The van der Waals surface area contributed by atoms with Crippen LogP contribution in [0, 0.1) is 11.8 Å². The molecule has 0 saturated heterocycles. The average molecular weight is 211 g/mol. The number of hydrogen-bond donors (Lipinski definition) is 1. The van der Waals surface area contributed by atoms with E-state index in [1.165, 1.54) is 64.5 Å². The highest BCUT2D eigenvalue weighted by Gasteiger charge is 2.12. The van der Waals surface area contributed by atoms with Gasteiger partial charge in [-0.05, 0) is 44.2 Å². The Bertz CT molecular complexity index is 138. The van der Waals surface area contributed by atoms with E-state index in [1.54, 1.807) is 0 Å². The molecule has 0 bridgehead atoms. The van der Waals surface area contributed by atoms with Crippen LogP contribution in [0.5, 0.6) is 0 Å². The Labute approximate surface area is 96.0 Å². The molecule has 1 aliphatic carbocycles. The summed E-state index contributed by atoms with van der Waals surface area (Å²) in [5.41, 5.74) is 0. The summed E-state index contributed by atoms with van der Waals surface area (Å²) in [5.74, 6) is 1.85. The molecule has 1 rings (SSSR count). The number of nitrogens with one attached hydrogen (secondary N) is 1. The predicted octanol–water partition coefficient (Wildman–Crippen LogP) is 3.98. The maximum absolute atomic E-state index is 3.66. The van der Waals surface area contributed by atoms with E-state index in [2.05, 4.69) is 19.2 Å². The molecular formula is C14H29N. The summed E-state index contributed by atoms with van der Waals surface area (Å²) in [4.78, 5) is 0. The van der Waals surface area contributed by atoms with E-state index in [0.29, 0.717) is 0 Å². The summed E-state index contributed by atoms with van der Waals surface area (Å²) >= 11 is 0. The van der Waals surface area contributed by atoms with Crippen molar-refractivity contribution in [2.24, 2.45) is 11.8 Å². The molecule has 1 nitrogen and oxygen atoms in total. The molecule has 1 heteroatoms. The van der Waals surface area contributed by atoms with Gasteiger partial charge < -0.3 is 5.32 Å². The van der Waals surface area contributed by atoms with Gasteiger partial charge in [0.05, 0.1) is 0 Å². The van der Waals surface area contributed by atoms with E-state index in [0.717, 1.165) is 11.8 Å². The standard InChI is InChI=1S/C14H29N/c1-3-4-8-13(2)11-15-12-14-9-6-5-7-10-14/h13-15H,3-12H2,1-2H3. The Balaban J connectivity index is 1.94. The first-order valence-corrected chi connectivity index (χ1v) is 7.03. The van der Waals surface area contributed by atoms with Gasteiger partial charge >= 0.3 is 0 Å². The highest BCUT2D eigenvalue weighted by molar-refractivity contribution is 4.68. The number of unbranched alkanes of at least 4 members (excludes halogenated alkanes) is 1. The second kappa shape index (κ2) is 8.15. The molecule has 90 valence electrons. The summed E-state index contributed by atoms with van der Waals surface area (Å²) in [6.45, 7) is 7.17. The normalized spacial score (nSPS) is 20.4. The second-order valence-electron chi connectivity index (χ2n) is 5.41. The fourth-order valence-corrected chi connectivity index (χ4v) is 2.58. The van der Waals surface area contributed by atoms with Gasteiger partial charge in [-0.25, -0.2) is 0 Å². The molecule has 1 aliphatic rings. The van der Waals surface area contributed by atoms with Crippen molar-refractivity contribution in [2.75, 3.05) is 13.1 Å². The predicted molar refractivity (Wildman–Crippen MR) is 68.1 cm³/mol. The lowest BCUT2D eigenvalue weighted by Crippen LogP contribution is -2.28. The minimum absolute atomic E-state index is 0.869. The third-order valence-electron chi connectivity index (χ3n) is 3.70. The van der Waals surface area contributed by atoms with Crippen molar-refractivity contribution in [3.05, 3.63) is 0 Å². The topological polar surface area (TPSA) is 12.0 Å². The van der Waals surface area contributed by atoms with Crippen LogP contribution < -0.4 is 5.32 Å². The molecule has 0 radical (unpaired) electrons. The van der Waals surface area contributed by atoms with Gasteiger partial charge in [0.1, 0.15) is 0 Å². The fourth-order valence-electron chi connectivity index (χ4n) is 2.58. The van der Waals surface area contributed by atoms with Gasteiger partial charge in [-0.2, -0.15) is 0 Å². The molecule has 0 aromatic rings. The second-order valence-corrected chi connectivity index (χ2v) is 5.41. The quantitative estimate of drug-likeness (QED) is 0.671. The number of hydrogen-bond acceptors (Lipinski definition) is 1. The van der Waals surface area contributed by atoms with Crippen LogP contribution in [0.15, 0.2) is 0 Å². The van der Waals surface area contributed by atoms with Gasteiger partial charge in [0.25, 0.3) is 0 Å². The Kier molecular flexibility index (Phi) is 7.08. The van der Waals surface area contributed by atoms with Crippen molar-refractivity contribution in [3.8, 4) is 0 Å². The molecule has 0 heterocycles. The zero-order chi connectivity index (χ0) is 10.9. The molecule has 0 spiro atoms.